The van der Waals surface area contributed by atoms with Gasteiger partial charge in [0.25, 0.3) is 5.91 Å². The van der Waals surface area contributed by atoms with E-state index < -0.39 is 23.5 Å². The highest BCUT2D eigenvalue weighted by Gasteiger charge is 2.52. The molecule has 10 heteroatoms. The van der Waals surface area contributed by atoms with E-state index in [1.54, 1.807) is 18.5 Å². The van der Waals surface area contributed by atoms with E-state index in [4.69, 9.17) is 4.52 Å². The number of rotatable bonds is 6. The van der Waals surface area contributed by atoms with Crippen molar-refractivity contribution in [3.05, 3.63) is 30.4 Å². The molecular weight excluding hydrogens is 412 g/mol. The zero-order valence-corrected chi connectivity index (χ0v) is 18.5. The van der Waals surface area contributed by atoms with Crippen molar-refractivity contribution in [3.8, 4) is 11.4 Å². The minimum atomic E-state index is -0.869. The van der Waals surface area contributed by atoms with Crippen molar-refractivity contribution in [2.45, 2.75) is 58.0 Å². The molecule has 3 heterocycles. The van der Waals surface area contributed by atoms with Gasteiger partial charge in [-0.25, -0.2) is 4.79 Å². The van der Waals surface area contributed by atoms with Crippen LogP contribution in [0.15, 0.2) is 29.0 Å². The number of hydrogen-bond acceptors (Lipinski definition) is 7. The number of nitrogens with one attached hydrogen (secondary N) is 2. The molecule has 4 rings (SSSR count). The highest BCUT2D eigenvalue weighted by atomic mass is 16.5. The second-order valence-electron chi connectivity index (χ2n) is 9.07. The van der Waals surface area contributed by atoms with Gasteiger partial charge in [0, 0.05) is 18.0 Å². The van der Waals surface area contributed by atoms with Crippen LogP contribution in [-0.4, -0.2) is 50.0 Å². The van der Waals surface area contributed by atoms with Crippen molar-refractivity contribution < 1.29 is 18.9 Å². The molecule has 4 amide bonds. The van der Waals surface area contributed by atoms with Gasteiger partial charge in [0.15, 0.2) is 0 Å². The zero-order valence-electron chi connectivity index (χ0n) is 18.5. The lowest BCUT2D eigenvalue weighted by molar-refractivity contribution is -0.136. The topological polar surface area (TPSA) is 130 Å². The number of carbonyl (C=O) groups is 3. The van der Waals surface area contributed by atoms with Crippen LogP contribution in [0.5, 0.6) is 0 Å². The lowest BCUT2D eigenvalue weighted by Crippen LogP contribution is -2.50. The fraction of sp³-hybridized carbons (Fsp3) is 0.545. The van der Waals surface area contributed by atoms with Crippen molar-refractivity contribution in [2.75, 3.05) is 6.54 Å². The highest BCUT2D eigenvalue weighted by molar-refractivity contribution is 6.09. The standard InChI is InChI=1S/C22H28N6O4/c1-13(2)17(19-25-18(27-32-19)15-5-4-10-23-11-15)24-16(29)12-28-20(30)22(26-21(28)31)8-6-14(3)7-9-22/h4-5,10-11,13-14,17H,6-9,12H2,1-3H3,(H,24,29)(H,26,31)/t14?,17-,22?/m0/s1. The van der Waals surface area contributed by atoms with Gasteiger partial charge >= 0.3 is 6.03 Å². The Bertz CT molecular complexity index is 997. The van der Waals surface area contributed by atoms with Gasteiger partial charge in [-0.3, -0.25) is 19.5 Å². The first-order valence-electron chi connectivity index (χ1n) is 11.0. The summed E-state index contributed by atoms with van der Waals surface area (Å²) in [5.41, 5.74) is -0.172. The van der Waals surface area contributed by atoms with E-state index in [9.17, 15) is 14.4 Å². The Kier molecular flexibility index (Phi) is 5.94. The molecule has 2 aromatic rings. The van der Waals surface area contributed by atoms with E-state index in [1.807, 2.05) is 19.9 Å². The fourth-order valence-corrected chi connectivity index (χ4v) is 4.26. The zero-order chi connectivity index (χ0) is 22.9. The van der Waals surface area contributed by atoms with E-state index >= 15 is 0 Å². The molecule has 0 bridgehead atoms. The number of urea groups is 1. The third-order valence-electron chi connectivity index (χ3n) is 6.29. The first kappa shape index (κ1) is 21.9. The van der Waals surface area contributed by atoms with Gasteiger partial charge in [0.05, 0.1) is 0 Å². The van der Waals surface area contributed by atoms with Crippen LogP contribution in [0.1, 0.15) is 58.4 Å². The number of hydrogen-bond donors (Lipinski definition) is 2. The molecule has 2 N–H and O–H groups in total. The smallest absolute Gasteiger partial charge is 0.325 e. The lowest BCUT2D eigenvalue weighted by Gasteiger charge is -2.33. The maximum Gasteiger partial charge on any atom is 0.325 e. The van der Waals surface area contributed by atoms with E-state index in [0.29, 0.717) is 30.1 Å². The Balaban J connectivity index is 1.44. The molecule has 32 heavy (non-hydrogen) atoms. The molecule has 1 spiro atoms. The Labute approximate surface area is 186 Å². The Hall–Kier alpha value is -3.30. The Morgan fingerprint density at radius 2 is 2.09 bits per heavy atom. The maximum absolute atomic E-state index is 13.0. The molecule has 2 fully saturated rings. The maximum atomic E-state index is 13.0. The third kappa shape index (κ3) is 4.21. The Morgan fingerprint density at radius 1 is 1.34 bits per heavy atom. The molecule has 170 valence electrons. The minimum absolute atomic E-state index is 0.0598. The normalized spacial score (nSPS) is 24.1. The van der Waals surface area contributed by atoms with Gasteiger partial charge in [0.2, 0.25) is 17.6 Å². The van der Waals surface area contributed by atoms with Crippen molar-refractivity contribution in [3.63, 3.8) is 0 Å². The van der Waals surface area contributed by atoms with Gasteiger partial charge in [-0.15, -0.1) is 0 Å². The van der Waals surface area contributed by atoms with Crippen LogP contribution in [0, 0.1) is 11.8 Å². The summed E-state index contributed by atoms with van der Waals surface area (Å²) in [5, 5.41) is 9.66. The predicted octanol–water partition coefficient (Wildman–Crippen LogP) is 2.45. The van der Waals surface area contributed by atoms with E-state index in [1.165, 1.54) is 0 Å². The van der Waals surface area contributed by atoms with E-state index in [-0.39, 0.29) is 24.3 Å². The first-order valence-corrected chi connectivity index (χ1v) is 11.0. The molecule has 2 aliphatic rings. The van der Waals surface area contributed by atoms with Gasteiger partial charge in [-0.1, -0.05) is 25.9 Å². The molecule has 1 aliphatic carbocycles. The SMILES string of the molecule is CC1CCC2(CC1)NC(=O)N(CC(=O)N[C@H](c1nc(-c3cccnc3)no1)C(C)C)C2=O. The summed E-state index contributed by atoms with van der Waals surface area (Å²) in [6.45, 7) is 5.60. The van der Waals surface area contributed by atoms with Crippen LogP contribution < -0.4 is 10.6 Å². The predicted molar refractivity (Wildman–Crippen MR) is 114 cm³/mol. The minimum Gasteiger partial charge on any atom is -0.342 e. The summed E-state index contributed by atoms with van der Waals surface area (Å²) in [7, 11) is 0. The number of aromatic nitrogens is 3. The number of imide groups is 1. The van der Waals surface area contributed by atoms with E-state index in [0.717, 1.165) is 17.7 Å². The molecule has 0 aromatic carbocycles. The number of carbonyl (C=O) groups excluding carboxylic acids is 3. The van der Waals surface area contributed by atoms with Gasteiger partial charge in [-0.05, 0) is 49.7 Å². The molecule has 1 saturated heterocycles. The summed E-state index contributed by atoms with van der Waals surface area (Å²) < 4.78 is 5.39. The summed E-state index contributed by atoms with van der Waals surface area (Å²) in [6, 6.07) is 2.50. The molecule has 0 unspecified atom stereocenters. The van der Waals surface area contributed by atoms with Crippen molar-refractivity contribution in [1.82, 2.24) is 30.7 Å². The first-order chi connectivity index (χ1) is 15.3. The van der Waals surface area contributed by atoms with Crippen molar-refractivity contribution in [1.29, 1.82) is 0 Å². The second kappa shape index (κ2) is 8.68. The second-order valence-corrected chi connectivity index (χ2v) is 9.07. The monoisotopic (exact) mass is 440 g/mol. The lowest BCUT2D eigenvalue weighted by atomic mass is 9.77. The largest absolute Gasteiger partial charge is 0.342 e. The average Bonchev–Trinajstić information content (AvgIpc) is 3.34. The Morgan fingerprint density at radius 3 is 2.75 bits per heavy atom. The van der Waals surface area contributed by atoms with Crippen LogP contribution in [0.3, 0.4) is 0 Å². The summed E-state index contributed by atoms with van der Waals surface area (Å²) in [4.78, 5) is 47.7. The summed E-state index contributed by atoms with van der Waals surface area (Å²) in [6.07, 6.45) is 6.22. The number of nitrogens with zero attached hydrogens (tertiary/aromatic N) is 4. The van der Waals surface area contributed by atoms with E-state index in [2.05, 4.69) is 32.7 Å². The molecule has 0 radical (unpaired) electrons. The van der Waals surface area contributed by atoms with Crippen LogP contribution in [-0.2, 0) is 9.59 Å². The van der Waals surface area contributed by atoms with Crippen LogP contribution in [0.25, 0.3) is 11.4 Å². The molecule has 1 aliphatic heterocycles. The number of pyridine rings is 1. The number of amides is 4. The van der Waals surface area contributed by atoms with Crippen molar-refractivity contribution >= 4 is 17.8 Å². The molecule has 1 atom stereocenters. The third-order valence-corrected chi connectivity index (χ3v) is 6.29. The van der Waals surface area contributed by atoms with Crippen LogP contribution in [0.2, 0.25) is 0 Å². The van der Waals surface area contributed by atoms with Crippen molar-refractivity contribution in [2.24, 2.45) is 11.8 Å². The fourth-order valence-electron chi connectivity index (χ4n) is 4.26. The highest BCUT2D eigenvalue weighted by Crippen LogP contribution is 2.36. The van der Waals surface area contributed by atoms with Gasteiger partial charge < -0.3 is 15.2 Å². The summed E-state index contributed by atoms with van der Waals surface area (Å²) >= 11 is 0. The van der Waals surface area contributed by atoms with Gasteiger partial charge in [-0.2, -0.15) is 4.98 Å². The van der Waals surface area contributed by atoms with Crippen LogP contribution in [0.4, 0.5) is 4.79 Å². The van der Waals surface area contributed by atoms with Gasteiger partial charge in [0.1, 0.15) is 18.1 Å². The quantitative estimate of drug-likeness (QED) is 0.660. The molecular formula is C22H28N6O4. The molecule has 1 saturated carbocycles. The summed E-state index contributed by atoms with van der Waals surface area (Å²) in [5.74, 6) is 0.311. The molecule has 10 nitrogen and oxygen atoms in total. The molecule has 2 aromatic heterocycles. The van der Waals surface area contributed by atoms with Crippen LogP contribution >= 0.6 is 0 Å². The average molecular weight is 441 g/mol.